The third-order valence-corrected chi connectivity index (χ3v) is 13.7. The molecule has 0 aromatic heterocycles. The van der Waals surface area contributed by atoms with Gasteiger partial charge in [-0.25, -0.2) is 0 Å². The van der Waals surface area contributed by atoms with Gasteiger partial charge in [0.15, 0.2) is 35.2 Å². The smallest absolute Gasteiger partial charge is 0.240 e. The summed E-state index contributed by atoms with van der Waals surface area (Å²) in [4.78, 5) is 151. The Bertz CT molecular complexity index is 2830. The van der Waals surface area contributed by atoms with Crippen LogP contribution in [0.4, 0.5) is 0 Å². The topological polar surface area (TPSA) is 470 Å². The number of fused-ring (bicyclic) bond motifs is 1. The van der Waals surface area contributed by atoms with Gasteiger partial charge in [0.2, 0.25) is 35.4 Å². The highest BCUT2D eigenvalue weighted by Crippen LogP contribution is 2.24. The highest BCUT2D eigenvalue weighted by Gasteiger charge is 2.35. The van der Waals surface area contributed by atoms with Crippen molar-refractivity contribution in [2.45, 2.75) is 115 Å². The van der Waals surface area contributed by atoms with Crippen molar-refractivity contribution in [2.75, 3.05) is 32.7 Å². The van der Waals surface area contributed by atoms with Crippen LogP contribution in [0.3, 0.4) is 0 Å². The number of ketones is 4. The summed E-state index contributed by atoms with van der Waals surface area (Å²) in [6, 6.07) is 15.0. The van der Waals surface area contributed by atoms with Crippen molar-refractivity contribution in [3.63, 3.8) is 0 Å². The van der Waals surface area contributed by atoms with E-state index in [-0.39, 0.29) is 107 Å². The molecule has 0 spiro atoms. The number of Topliss-reactive ketones (excluding diaryl/α,β-unsaturated/α-hetero) is 4. The largest absolute Gasteiger partial charge is 0.508 e. The summed E-state index contributed by atoms with van der Waals surface area (Å²) in [5, 5.41) is 25.2. The number of amides is 6. The summed E-state index contributed by atoms with van der Waals surface area (Å²) in [6.45, 7) is 0.416. The van der Waals surface area contributed by atoms with Crippen molar-refractivity contribution >= 4 is 87.2 Å². The van der Waals surface area contributed by atoms with Crippen LogP contribution < -0.4 is 66.7 Å². The number of benzene rings is 3. The van der Waals surface area contributed by atoms with Gasteiger partial charge in [-0.1, -0.05) is 54.6 Å². The normalized spacial score (nSPS) is 20.6. The van der Waals surface area contributed by atoms with E-state index in [0.29, 0.717) is 11.1 Å². The summed E-state index contributed by atoms with van der Waals surface area (Å²) in [6.07, 6.45) is -2.15. The minimum Gasteiger partial charge on any atom is -0.508 e. The van der Waals surface area contributed by atoms with Crippen LogP contribution in [0.25, 0.3) is 10.8 Å². The van der Waals surface area contributed by atoms with E-state index in [1.807, 2.05) is 36.4 Å². The monoisotopic (exact) mass is 1140 g/mol. The van der Waals surface area contributed by atoms with Crippen molar-refractivity contribution in [1.82, 2.24) is 26.6 Å². The summed E-state index contributed by atoms with van der Waals surface area (Å²) in [7, 11) is 0. The van der Waals surface area contributed by atoms with Gasteiger partial charge in [-0.15, -0.1) is 0 Å². The molecule has 1 saturated heterocycles. The van der Waals surface area contributed by atoms with E-state index in [1.54, 1.807) is 6.07 Å². The fourth-order valence-electron chi connectivity index (χ4n) is 9.38. The van der Waals surface area contributed by atoms with E-state index >= 15 is 0 Å². The number of aromatic hydroxyl groups is 1. The number of hydrogen-bond acceptors (Lipinski definition) is 14. The second kappa shape index (κ2) is 33.6. The number of nitrogens with one attached hydrogen (secondary N) is 5. The number of phenols is 1. The molecule has 7 atom stereocenters. The number of carbonyl (C=O) groups is 10. The van der Waals surface area contributed by atoms with Crippen LogP contribution in [-0.2, 0) is 60.8 Å². The zero-order valence-electron chi connectivity index (χ0n) is 46.2. The standard InChI is InChI=1S/C56H79N15O11/c1-32(72)23-40-30-67-48(77)19-16-38(52(81)70-44(49(57)78)11-6-22-66-56(62)63)27-42(74)31-68-50(79)39(25-34-12-15-35-7-2-3-8-36(35)24-34)29-46(75)43(10-5-21-65-55(60)61)69-51(80)37(9-4-20-64-54(58)59)28-47(76)45(71-53(40)82)26-33-13-17-41(73)18-14-33/h2-3,7-8,12-15,17-18,24,37-40,43-45,73H,4-6,9-11,16,19-23,25-31H2,1H3,(H2,57,78)(H,67,77)(H,68,79)(H,69,80)(H,70,81)(H,71,82)(H4,58,59,64)(H4,60,61,65)(H4,62,63,66)/t37-,38-,39-,40+,43-,44+,45+/m1/s1. The molecule has 0 saturated carbocycles. The van der Waals surface area contributed by atoms with E-state index in [9.17, 15) is 53.1 Å². The van der Waals surface area contributed by atoms with Crippen molar-refractivity contribution in [2.24, 2.45) is 78.8 Å². The lowest BCUT2D eigenvalue weighted by Crippen LogP contribution is -2.49. The molecule has 1 fully saturated rings. The molecule has 0 bridgehead atoms. The lowest BCUT2D eigenvalue weighted by molar-refractivity contribution is -0.136. The van der Waals surface area contributed by atoms with Gasteiger partial charge in [0, 0.05) is 76.0 Å². The number of guanidine groups is 3. The van der Waals surface area contributed by atoms with E-state index in [2.05, 4.69) is 41.6 Å². The van der Waals surface area contributed by atoms with Gasteiger partial charge in [0.1, 0.15) is 17.6 Å². The predicted molar refractivity (Wildman–Crippen MR) is 308 cm³/mol. The Kier molecular flexibility index (Phi) is 26.8. The van der Waals surface area contributed by atoms with E-state index in [4.69, 9.17) is 40.1 Å². The first-order chi connectivity index (χ1) is 39.0. The zero-order chi connectivity index (χ0) is 60.3. The predicted octanol–water partition coefficient (Wildman–Crippen LogP) is -1.22. The Balaban J connectivity index is 1.82. The molecule has 0 radical (unpaired) electrons. The number of rotatable bonds is 21. The number of carbonyl (C=O) groups excluding carboxylic acids is 10. The Labute approximate surface area is 475 Å². The Morgan fingerprint density at radius 2 is 1.21 bits per heavy atom. The van der Waals surface area contributed by atoms with Crippen molar-refractivity contribution in [1.29, 1.82) is 0 Å². The van der Waals surface area contributed by atoms with Gasteiger partial charge in [-0.3, -0.25) is 58.1 Å². The third kappa shape index (κ3) is 23.8. The average molecular weight is 1140 g/mol. The number of hydrogen-bond donors (Lipinski definition) is 13. The number of nitrogens with zero attached hydrogens (tertiary/aromatic N) is 3. The van der Waals surface area contributed by atoms with Crippen molar-refractivity contribution < 1.29 is 53.1 Å². The summed E-state index contributed by atoms with van der Waals surface area (Å²) < 4.78 is 0. The average Bonchev–Trinajstić information content (AvgIpc) is 3.60. The molecule has 444 valence electrons. The fraction of sp³-hybridized carbons (Fsp3) is 0.482. The van der Waals surface area contributed by atoms with Crippen LogP contribution >= 0.6 is 0 Å². The zero-order valence-corrected chi connectivity index (χ0v) is 46.2. The SMILES string of the molecule is CC(=O)C[C@H]1CNC(=O)CC[C@@H](C(=O)N[C@@H](CCCN=C(N)N)C(N)=O)CC(=O)CNC(=O)[C@H](Cc2ccc3ccccc3c2)CC(=O)[C@@H](CCCN=C(N)N)NC(=O)[C@H](CCCN=C(N)N)CC(=O)[C@H](Cc2ccc(O)cc2)NC1=O. The summed E-state index contributed by atoms with van der Waals surface area (Å²) in [5.41, 5.74) is 40.0. The van der Waals surface area contributed by atoms with E-state index < -0.39 is 139 Å². The molecule has 1 aliphatic rings. The minimum absolute atomic E-state index is 0.00751. The van der Waals surface area contributed by atoms with Crippen LogP contribution in [-0.4, -0.2) is 132 Å². The molecule has 0 aliphatic carbocycles. The maximum Gasteiger partial charge on any atom is 0.240 e. The van der Waals surface area contributed by atoms with E-state index in [0.717, 1.165) is 10.8 Å². The van der Waals surface area contributed by atoms with Gasteiger partial charge >= 0.3 is 0 Å². The third-order valence-electron chi connectivity index (χ3n) is 13.7. The number of nitrogens with two attached hydrogens (primary N) is 7. The van der Waals surface area contributed by atoms with Crippen LogP contribution in [0.1, 0.15) is 95.1 Å². The molecule has 4 rings (SSSR count). The minimum atomic E-state index is -1.35. The molecule has 0 unspecified atom stereocenters. The van der Waals surface area contributed by atoms with Crippen molar-refractivity contribution in [3.05, 3.63) is 77.9 Å². The molecule has 6 amide bonds. The first-order valence-electron chi connectivity index (χ1n) is 27.2. The Morgan fingerprint density at radius 3 is 1.84 bits per heavy atom. The first-order valence-corrected chi connectivity index (χ1v) is 27.2. The van der Waals surface area contributed by atoms with Gasteiger partial charge < -0.3 is 76.6 Å². The quantitative estimate of drug-likeness (QED) is 0.0338. The lowest BCUT2D eigenvalue weighted by atomic mass is 9.88. The molecule has 3 aromatic carbocycles. The van der Waals surface area contributed by atoms with Gasteiger partial charge in [-0.05, 0) is 98.7 Å². The second-order valence-corrected chi connectivity index (χ2v) is 20.5. The number of primary amides is 1. The van der Waals surface area contributed by atoms with Crippen LogP contribution in [0.5, 0.6) is 5.75 Å². The second-order valence-electron chi connectivity index (χ2n) is 20.5. The fourth-order valence-corrected chi connectivity index (χ4v) is 9.38. The molecule has 26 heteroatoms. The van der Waals surface area contributed by atoms with E-state index in [1.165, 1.54) is 31.2 Å². The van der Waals surface area contributed by atoms with Crippen molar-refractivity contribution in [3.8, 4) is 5.75 Å². The van der Waals surface area contributed by atoms with Gasteiger partial charge in [-0.2, -0.15) is 0 Å². The number of aliphatic imine (C=N–C) groups is 3. The summed E-state index contributed by atoms with van der Waals surface area (Å²) >= 11 is 0. The van der Waals surface area contributed by atoms with Crippen LogP contribution in [0, 0.1) is 23.7 Å². The molecule has 82 heavy (non-hydrogen) atoms. The highest BCUT2D eigenvalue weighted by atomic mass is 16.3. The molecular weight excluding hydrogens is 1060 g/mol. The molecule has 3 aromatic rings. The molecular formula is C56H79N15O11. The molecule has 1 heterocycles. The highest BCUT2D eigenvalue weighted by molar-refractivity contribution is 5.98. The number of phenolic OH excluding ortho intramolecular Hbond substituents is 1. The summed E-state index contributed by atoms with van der Waals surface area (Å²) in [5.74, 6) is -12.5. The van der Waals surface area contributed by atoms with Crippen LogP contribution in [0.2, 0.25) is 0 Å². The molecule has 20 N–H and O–H groups in total. The maximum absolute atomic E-state index is 14.8. The van der Waals surface area contributed by atoms with Crippen LogP contribution in [0.15, 0.2) is 81.7 Å². The Morgan fingerprint density at radius 1 is 0.634 bits per heavy atom. The van der Waals surface area contributed by atoms with Gasteiger partial charge in [0.05, 0.1) is 24.5 Å². The molecule has 26 nitrogen and oxygen atoms in total. The first kappa shape index (κ1) is 65.5. The Hall–Kier alpha value is -8.97. The van der Waals surface area contributed by atoms with Gasteiger partial charge in [0.25, 0.3) is 0 Å². The lowest BCUT2D eigenvalue weighted by Gasteiger charge is -2.26. The molecule has 1 aliphatic heterocycles. The maximum atomic E-state index is 14.8.